The van der Waals surface area contributed by atoms with Crippen LogP contribution in [0.25, 0.3) is 21.8 Å². The van der Waals surface area contributed by atoms with Crippen LogP contribution in [0.1, 0.15) is 0 Å². The van der Waals surface area contributed by atoms with Crippen LogP contribution in [0.3, 0.4) is 0 Å². The number of alkyl halides is 2. The summed E-state index contributed by atoms with van der Waals surface area (Å²) in [5.41, 5.74) is 2.06. The van der Waals surface area contributed by atoms with Gasteiger partial charge in [0.1, 0.15) is 18.1 Å². The van der Waals surface area contributed by atoms with E-state index in [1.165, 1.54) is 0 Å². The second kappa shape index (κ2) is 11.4. The number of H-pyrrole nitrogens is 2. The summed E-state index contributed by atoms with van der Waals surface area (Å²) in [6, 6.07) is 15.2. The predicted molar refractivity (Wildman–Crippen MR) is 114 cm³/mol. The van der Waals surface area contributed by atoms with E-state index >= 15 is 0 Å². The molecule has 0 radical (unpaired) electrons. The first-order valence-corrected chi connectivity index (χ1v) is 9.48. The van der Waals surface area contributed by atoms with Crippen molar-refractivity contribution >= 4 is 45.0 Å². The molecule has 0 amide bonds. The zero-order valence-electron chi connectivity index (χ0n) is 14.7. The van der Waals surface area contributed by atoms with Crippen molar-refractivity contribution in [2.24, 2.45) is 0 Å². The largest absolute Gasteiger partial charge is 0.507 e. The van der Waals surface area contributed by atoms with Gasteiger partial charge in [0.2, 0.25) is 0 Å². The molecule has 27 heavy (non-hydrogen) atoms. The van der Waals surface area contributed by atoms with Gasteiger partial charge in [0.15, 0.2) is 6.61 Å². The van der Waals surface area contributed by atoms with E-state index in [9.17, 15) is 5.11 Å². The Kier molecular flexibility index (Phi) is 8.84. The van der Waals surface area contributed by atoms with Crippen molar-refractivity contribution in [3.8, 4) is 11.5 Å². The van der Waals surface area contributed by atoms with E-state index in [-0.39, 0.29) is 0 Å². The van der Waals surface area contributed by atoms with Gasteiger partial charge >= 0.3 is 0 Å². The molecule has 0 unspecified atom stereocenters. The Morgan fingerprint density at radius 1 is 0.852 bits per heavy atom. The SMILES string of the molecule is ClCCOc1cccc2[nH]ccc12.Oc1cccc2[nH]ccc12.[OH2+]CCCl. The number of benzene rings is 2. The number of aromatic hydroxyl groups is 1. The number of aromatic nitrogens is 2. The molecule has 144 valence electrons. The molecule has 5 nitrogen and oxygen atoms in total. The maximum absolute atomic E-state index is 9.24. The summed E-state index contributed by atoms with van der Waals surface area (Å²) in [7, 11) is 0. The zero-order valence-corrected chi connectivity index (χ0v) is 16.2. The number of ether oxygens (including phenoxy) is 1. The molecule has 5 N–H and O–H groups in total. The first-order valence-electron chi connectivity index (χ1n) is 8.41. The number of fused-ring (bicyclic) bond motifs is 2. The third kappa shape index (κ3) is 6.10. The first-order chi connectivity index (χ1) is 13.2. The van der Waals surface area contributed by atoms with Gasteiger partial charge in [-0.05, 0) is 36.4 Å². The third-order valence-electron chi connectivity index (χ3n) is 3.56. The summed E-state index contributed by atoms with van der Waals surface area (Å²) in [5, 5.41) is 17.5. The fourth-order valence-corrected chi connectivity index (χ4v) is 2.48. The Bertz CT molecular complexity index is 935. The van der Waals surface area contributed by atoms with Crippen LogP contribution in [0.2, 0.25) is 0 Å². The van der Waals surface area contributed by atoms with Gasteiger partial charge in [-0.15, -0.1) is 23.2 Å². The maximum atomic E-state index is 9.24. The lowest BCUT2D eigenvalue weighted by Crippen LogP contribution is -1.97. The number of phenolic OH excluding ortho intramolecular Hbond substituents is 1. The van der Waals surface area contributed by atoms with Gasteiger partial charge in [0.05, 0.1) is 11.8 Å². The van der Waals surface area contributed by atoms with E-state index in [1.54, 1.807) is 6.07 Å². The molecule has 7 heteroatoms. The summed E-state index contributed by atoms with van der Waals surface area (Å²) in [6.45, 7) is 0.882. The minimum atomic E-state index is 0.332. The van der Waals surface area contributed by atoms with Gasteiger partial charge in [-0.3, -0.25) is 0 Å². The van der Waals surface area contributed by atoms with Crippen molar-refractivity contribution in [2.75, 3.05) is 25.0 Å². The van der Waals surface area contributed by atoms with E-state index in [1.807, 2.05) is 54.9 Å². The number of hydrogen-bond acceptors (Lipinski definition) is 2. The minimum Gasteiger partial charge on any atom is -0.507 e. The van der Waals surface area contributed by atoms with Crippen molar-refractivity contribution < 1.29 is 14.9 Å². The highest BCUT2D eigenvalue weighted by molar-refractivity contribution is 6.18. The van der Waals surface area contributed by atoms with E-state index < -0.39 is 0 Å². The van der Waals surface area contributed by atoms with Gasteiger partial charge in [-0.1, -0.05) is 12.1 Å². The zero-order chi connectivity index (χ0) is 19.5. The average molecular weight is 410 g/mol. The van der Waals surface area contributed by atoms with Crippen LogP contribution in [0.4, 0.5) is 0 Å². The molecule has 0 bridgehead atoms. The Hall–Kier alpha value is -2.34. The number of rotatable bonds is 4. The third-order valence-corrected chi connectivity index (χ3v) is 3.90. The lowest BCUT2D eigenvalue weighted by molar-refractivity contribution is 0.321. The molecule has 0 fully saturated rings. The second-order valence-corrected chi connectivity index (χ2v) is 6.14. The summed E-state index contributed by atoms with van der Waals surface area (Å²) in [6.07, 6.45) is 3.71. The molecule has 2 aromatic carbocycles. The van der Waals surface area contributed by atoms with Crippen LogP contribution in [-0.4, -0.2) is 45.2 Å². The van der Waals surface area contributed by atoms with Crippen LogP contribution in [0.5, 0.6) is 11.5 Å². The van der Waals surface area contributed by atoms with Gasteiger partial charge in [-0.25, -0.2) is 0 Å². The summed E-state index contributed by atoms with van der Waals surface area (Å²) < 4.78 is 5.47. The quantitative estimate of drug-likeness (QED) is 0.339. The summed E-state index contributed by atoms with van der Waals surface area (Å²) in [5.74, 6) is 2.19. The number of hydrogen-bond donors (Lipinski definition) is 3. The Morgan fingerprint density at radius 2 is 1.44 bits per heavy atom. The maximum Gasteiger partial charge on any atom is 0.157 e. The van der Waals surface area contributed by atoms with E-state index in [0.717, 1.165) is 27.6 Å². The van der Waals surface area contributed by atoms with Gasteiger partial charge < -0.3 is 24.9 Å². The lowest BCUT2D eigenvalue weighted by Gasteiger charge is -2.04. The predicted octanol–water partition coefficient (Wildman–Crippen LogP) is 4.61. The van der Waals surface area contributed by atoms with Crippen LogP contribution >= 0.6 is 23.2 Å². The topological polar surface area (TPSA) is 83.9 Å². The summed E-state index contributed by atoms with van der Waals surface area (Å²) in [4.78, 5) is 6.12. The molecule has 0 aliphatic carbocycles. The van der Waals surface area contributed by atoms with Crippen molar-refractivity contribution in [3.05, 3.63) is 60.9 Å². The molecule has 0 spiro atoms. The highest BCUT2D eigenvalue weighted by atomic mass is 35.5. The van der Waals surface area contributed by atoms with E-state index in [4.69, 9.17) is 33.0 Å². The first kappa shape index (κ1) is 21.0. The van der Waals surface area contributed by atoms with E-state index in [2.05, 4.69) is 9.97 Å². The molecular weight excluding hydrogens is 387 g/mol. The second-order valence-electron chi connectivity index (χ2n) is 5.39. The number of aromatic amines is 2. The number of nitrogens with one attached hydrogen (secondary N) is 2. The smallest absolute Gasteiger partial charge is 0.157 e. The van der Waals surface area contributed by atoms with Gasteiger partial charge in [0.25, 0.3) is 0 Å². The monoisotopic (exact) mass is 409 g/mol. The molecule has 4 aromatic rings. The Labute approximate surface area is 167 Å². The molecule has 0 aliphatic rings. The molecule has 0 atom stereocenters. The molecule has 4 rings (SSSR count). The van der Waals surface area contributed by atoms with Crippen molar-refractivity contribution in [2.45, 2.75) is 0 Å². The van der Waals surface area contributed by atoms with Crippen molar-refractivity contribution in [3.63, 3.8) is 0 Å². The minimum absolute atomic E-state index is 0.332. The standard InChI is InChI=1S/C10H10ClNO.C8H7NO.C2H5ClO/c11-5-7-13-10-3-1-2-9-8(10)4-6-12-9;10-8-3-1-2-7-6(8)4-5-9-7;3-1-2-4/h1-4,6,12H,5,7H2;1-5,9-10H;4H,1-2H2/p+1. The van der Waals surface area contributed by atoms with Crippen LogP contribution in [0.15, 0.2) is 60.9 Å². The van der Waals surface area contributed by atoms with Gasteiger partial charge in [-0.2, -0.15) is 0 Å². The molecule has 0 saturated heterocycles. The van der Waals surface area contributed by atoms with Crippen molar-refractivity contribution in [1.29, 1.82) is 0 Å². The summed E-state index contributed by atoms with van der Waals surface area (Å²) >= 11 is 10.5. The van der Waals surface area contributed by atoms with Crippen LogP contribution < -0.4 is 4.74 Å². The Balaban J connectivity index is 0.000000166. The molecule has 2 heterocycles. The highest BCUT2D eigenvalue weighted by Gasteiger charge is 2.01. The fourth-order valence-electron chi connectivity index (χ4n) is 2.40. The average Bonchev–Trinajstić information content (AvgIpc) is 3.37. The van der Waals surface area contributed by atoms with Gasteiger partial charge in [0, 0.05) is 34.2 Å². The highest BCUT2D eigenvalue weighted by Crippen LogP contribution is 2.24. The fraction of sp³-hybridized carbons (Fsp3) is 0.200. The van der Waals surface area contributed by atoms with Crippen molar-refractivity contribution in [1.82, 2.24) is 9.97 Å². The Morgan fingerprint density at radius 3 is 2.04 bits per heavy atom. The normalized spacial score (nSPS) is 10.0. The molecule has 0 saturated carbocycles. The van der Waals surface area contributed by atoms with Crippen LogP contribution in [-0.2, 0) is 0 Å². The molecule has 0 aliphatic heterocycles. The molecule has 2 aromatic heterocycles. The lowest BCUT2D eigenvalue weighted by atomic mass is 10.2. The van der Waals surface area contributed by atoms with Crippen LogP contribution in [0, 0.1) is 0 Å². The number of phenols is 1. The van der Waals surface area contributed by atoms with E-state index in [0.29, 0.717) is 30.7 Å². The molecular formula is C20H23Cl2N2O3+. The number of halogens is 2.